The van der Waals surface area contributed by atoms with E-state index in [1.165, 1.54) is 35.7 Å². The Morgan fingerprint density at radius 1 is 1.23 bits per heavy atom. The molecule has 0 aliphatic carbocycles. The number of Topliss-reactive ketones (excluding diaryl/α,β-unsaturated/α-hetero) is 1. The van der Waals surface area contributed by atoms with Crippen LogP contribution in [0.15, 0.2) is 41.3 Å². The maximum absolute atomic E-state index is 12.6. The van der Waals surface area contributed by atoms with Crippen molar-refractivity contribution in [2.24, 2.45) is 0 Å². The number of para-hydroxylation sites is 1. The molecule has 158 valence electrons. The lowest BCUT2D eigenvalue weighted by Gasteiger charge is -2.39. The Kier molecular flexibility index (Phi) is 5.69. The molecule has 1 saturated heterocycles. The van der Waals surface area contributed by atoms with Gasteiger partial charge in [0.2, 0.25) is 0 Å². The van der Waals surface area contributed by atoms with Crippen LogP contribution >= 0.6 is 23.4 Å². The number of nitrogens with two attached hydrogens (primary N) is 1. The van der Waals surface area contributed by atoms with Crippen LogP contribution in [0.5, 0.6) is 0 Å². The van der Waals surface area contributed by atoms with Crippen LogP contribution in [0.2, 0.25) is 5.02 Å². The molecule has 30 heavy (non-hydrogen) atoms. The second kappa shape index (κ2) is 8.45. The molecule has 3 aliphatic rings. The maximum Gasteiger partial charge on any atom is 0.164 e. The molecule has 0 radical (unpaired) electrons. The van der Waals surface area contributed by atoms with E-state index in [1.807, 2.05) is 11.8 Å². The number of carbonyl (C=O) groups excluding carboxylic acids is 1. The van der Waals surface area contributed by atoms with Crippen molar-refractivity contribution in [2.45, 2.75) is 42.5 Å². The van der Waals surface area contributed by atoms with Gasteiger partial charge in [0.1, 0.15) is 0 Å². The number of hydrogen-bond donors (Lipinski definition) is 1. The van der Waals surface area contributed by atoms with Crippen LogP contribution in [0, 0.1) is 0 Å². The van der Waals surface area contributed by atoms with Gasteiger partial charge in [0.05, 0.1) is 5.69 Å². The van der Waals surface area contributed by atoms with E-state index >= 15 is 0 Å². The molecule has 2 aromatic rings. The summed E-state index contributed by atoms with van der Waals surface area (Å²) in [6, 6.07) is 12.7. The molecule has 0 amide bonds. The molecule has 1 fully saturated rings. The van der Waals surface area contributed by atoms with E-state index in [2.05, 4.69) is 28.0 Å². The molecule has 0 aromatic heterocycles. The summed E-state index contributed by atoms with van der Waals surface area (Å²) in [6.07, 6.45) is 3.87. The lowest BCUT2D eigenvalue weighted by molar-refractivity contribution is 0.0972. The first-order chi connectivity index (χ1) is 14.6. The number of likely N-dealkylation sites (tertiary alicyclic amines) is 1. The van der Waals surface area contributed by atoms with Crippen LogP contribution in [-0.2, 0) is 0 Å². The van der Waals surface area contributed by atoms with Crippen molar-refractivity contribution in [3.05, 3.63) is 52.5 Å². The molecular weight excluding hydrogens is 414 g/mol. The first-order valence-corrected chi connectivity index (χ1v) is 12.3. The maximum atomic E-state index is 12.6. The van der Waals surface area contributed by atoms with Gasteiger partial charge in [-0.2, -0.15) is 0 Å². The summed E-state index contributed by atoms with van der Waals surface area (Å²) in [5.74, 6) is 1.93. The second-order valence-corrected chi connectivity index (χ2v) is 10.2. The topological polar surface area (TPSA) is 49.6 Å². The highest BCUT2D eigenvalue weighted by molar-refractivity contribution is 7.99. The number of rotatable bonds is 5. The van der Waals surface area contributed by atoms with Gasteiger partial charge in [0.15, 0.2) is 5.78 Å². The van der Waals surface area contributed by atoms with Crippen LogP contribution in [0.4, 0.5) is 11.4 Å². The Bertz CT molecular complexity index is 965. The fraction of sp³-hybridized carbons (Fsp3) is 0.458. The van der Waals surface area contributed by atoms with Gasteiger partial charge < -0.3 is 15.5 Å². The minimum atomic E-state index is 0.111. The van der Waals surface area contributed by atoms with Crippen molar-refractivity contribution in [1.82, 2.24) is 4.90 Å². The molecule has 0 saturated carbocycles. The molecule has 3 aliphatic heterocycles. The third-order valence-electron chi connectivity index (χ3n) is 6.77. The lowest BCUT2D eigenvalue weighted by atomic mass is 9.89. The zero-order chi connectivity index (χ0) is 20.7. The fourth-order valence-corrected chi connectivity index (χ4v) is 6.62. The monoisotopic (exact) mass is 441 g/mol. The van der Waals surface area contributed by atoms with E-state index in [4.69, 9.17) is 17.3 Å². The molecule has 0 bridgehead atoms. The summed E-state index contributed by atoms with van der Waals surface area (Å²) in [4.78, 5) is 19.3. The predicted molar refractivity (Wildman–Crippen MR) is 126 cm³/mol. The van der Waals surface area contributed by atoms with Crippen molar-refractivity contribution < 1.29 is 4.79 Å². The number of piperidine rings is 1. The molecule has 3 heterocycles. The molecule has 2 aromatic carbocycles. The Hall–Kier alpha value is -1.69. The van der Waals surface area contributed by atoms with Gasteiger partial charge in [-0.25, -0.2) is 0 Å². The van der Waals surface area contributed by atoms with Crippen molar-refractivity contribution in [3.8, 4) is 0 Å². The number of nitrogen functional groups attached to an aromatic ring is 1. The number of fused-ring (bicyclic) bond motifs is 3. The third-order valence-corrected chi connectivity index (χ3v) is 8.14. The summed E-state index contributed by atoms with van der Waals surface area (Å²) >= 11 is 7.97. The number of hydrogen-bond acceptors (Lipinski definition) is 5. The van der Waals surface area contributed by atoms with Crippen LogP contribution in [0.25, 0.3) is 0 Å². The van der Waals surface area contributed by atoms with Gasteiger partial charge in [0.25, 0.3) is 0 Å². The molecule has 4 nitrogen and oxygen atoms in total. The molecule has 6 heteroatoms. The van der Waals surface area contributed by atoms with Crippen LogP contribution in [-0.4, -0.2) is 48.7 Å². The zero-order valence-electron chi connectivity index (χ0n) is 17.1. The van der Waals surface area contributed by atoms with E-state index in [9.17, 15) is 4.79 Å². The van der Waals surface area contributed by atoms with Crippen molar-refractivity contribution in [3.63, 3.8) is 0 Å². The second-order valence-electron chi connectivity index (χ2n) is 8.61. The Morgan fingerprint density at radius 3 is 3.00 bits per heavy atom. The fourth-order valence-electron chi connectivity index (χ4n) is 5.40. The molecular formula is C24H28ClN3OS. The molecule has 0 spiro atoms. The van der Waals surface area contributed by atoms with Gasteiger partial charge in [-0.1, -0.05) is 23.7 Å². The van der Waals surface area contributed by atoms with Crippen LogP contribution in [0.3, 0.4) is 0 Å². The largest absolute Gasteiger partial charge is 0.398 e. The first-order valence-electron chi connectivity index (χ1n) is 10.9. The minimum absolute atomic E-state index is 0.111. The molecule has 2 atom stereocenters. The molecule has 1 unspecified atom stereocenters. The van der Waals surface area contributed by atoms with Crippen molar-refractivity contribution >= 4 is 40.5 Å². The average Bonchev–Trinajstić information content (AvgIpc) is 2.89. The molecule has 5 rings (SSSR count). The van der Waals surface area contributed by atoms with Crippen LogP contribution < -0.4 is 10.6 Å². The highest BCUT2D eigenvalue weighted by atomic mass is 35.5. The number of carbonyl (C=O) groups is 1. The average molecular weight is 442 g/mol. The standard InChI is InChI=1S/C24H28ClN3OS/c25-16-7-8-18(20(26)14-16)22(29)5-2-10-27-12-9-21-19(15-27)17-4-1-6-23-24(17)28(21)11-3-13-30-23/h1,4,6-8,14,19,21H,2-3,5,9-13,15,26H2/t19?,21-/m0/s1. The van der Waals surface area contributed by atoms with E-state index in [0.717, 1.165) is 26.1 Å². The van der Waals surface area contributed by atoms with Crippen LogP contribution in [0.1, 0.15) is 47.5 Å². The Balaban J connectivity index is 1.22. The minimum Gasteiger partial charge on any atom is -0.398 e. The Labute approximate surface area is 187 Å². The number of halogens is 1. The summed E-state index contributed by atoms with van der Waals surface area (Å²) in [6.45, 7) is 4.37. The Morgan fingerprint density at radius 2 is 2.13 bits per heavy atom. The summed E-state index contributed by atoms with van der Waals surface area (Å²) in [5.41, 5.74) is 10.1. The summed E-state index contributed by atoms with van der Waals surface area (Å²) < 4.78 is 0. The first kappa shape index (κ1) is 20.2. The van der Waals surface area contributed by atoms with E-state index in [-0.39, 0.29) is 5.78 Å². The number of nitrogens with zero attached hydrogens (tertiary/aromatic N) is 2. The predicted octanol–water partition coefficient (Wildman–Crippen LogP) is 5.06. The summed E-state index contributed by atoms with van der Waals surface area (Å²) in [7, 11) is 0. The van der Waals surface area contributed by atoms with Crippen molar-refractivity contribution in [2.75, 3.05) is 42.6 Å². The SMILES string of the molecule is Nc1cc(Cl)ccc1C(=O)CCCN1CC[C@H]2C(C1)c1cccc3c1N2CCCS3. The van der Waals surface area contributed by atoms with E-state index in [1.54, 1.807) is 23.8 Å². The third kappa shape index (κ3) is 3.72. The smallest absolute Gasteiger partial charge is 0.164 e. The number of benzene rings is 2. The number of thioether (sulfide) groups is 1. The van der Waals surface area contributed by atoms with Gasteiger partial charge in [0, 0.05) is 59.2 Å². The zero-order valence-corrected chi connectivity index (χ0v) is 18.7. The summed E-state index contributed by atoms with van der Waals surface area (Å²) in [5, 5.41) is 0.569. The number of anilines is 2. The normalized spacial score (nSPS) is 23.0. The number of ketones is 1. The highest BCUT2D eigenvalue weighted by Crippen LogP contribution is 2.50. The van der Waals surface area contributed by atoms with Gasteiger partial charge >= 0.3 is 0 Å². The van der Waals surface area contributed by atoms with E-state index in [0.29, 0.717) is 34.7 Å². The van der Waals surface area contributed by atoms with Gasteiger partial charge in [-0.15, -0.1) is 11.8 Å². The van der Waals surface area contributed by atoms with Gasteiger partial charge in [-0.05, 0) is 61.4 Å². The van der Waals surface area contributed by atoms with Gasteiger partial charge in [-0.3, -0.25) is 4.79 Å². The highest BCUT2D eigenvalue weighted by Gasteiger charge is 2.43. The molecule has 2 N–H and O–H groups in total. The quantitative estimate of drug-likeness (QED) is 0.519. The van der Waals surface area contributed by atoms with Crippen molar-refractivity contribution in [1.29, 1.82) is 0 Å². The lowest BCUT2D eigenvalue weighted by Crippen LogP contribution is -2.46. The van der Waals surface area contributed by atoms with E-state index < -0.39 is 0 Å².